The minimum atomic E-state index is -0.375. The molecule has 1 aliphatic carbocycles. The third-order valence-corrected chi connectivity index (χ3v) is 6.93. The largest absolute Gasteiger partial charge is 0.459 e. The van der Waals surface area contributed by atoms with Crippen molar-refractivity contribution in [2.75, 3.05) is 0 Å². The summed E-state index contributed by atoms with van der Waals surface area (Å²) in [7, 11) is 0. The van der Waals surface area contributed by atoms with Gasteiger partial charge in [-0.1, -0.05) is 40.8 Å². The molecular weight excluding hydrogens is 399 g/mol. The number of benzene rings is 1. The number of carbonyl (C=O) groups excluding carboxylic acids is 1. The molecule has 2 bridgehead atoms. The molecule has 1 saturated carbocycles. The van der Waals surface area contributed by atoms with Gasteiger partial charge < -0.3 is 14.6 Å². The number of fused-ring (bicyclic) bond motifs is 2. The zero-order valence-electron chi connectivity index (χ0n) is 15.4. The molecule has 28 heavy (non-hydrogen) atoms. The monoisotopic (exact) mass is 420 g/mol. The van der Waals surface area contributed by atoms with E-state index < -0.39 is 0 Å². The van der Waals surface area contributed by atoms with Gasteiger partial charge in [0.05, 0.1) is 10.0 Å². The molecule has 2 saturated heterocycles. The van der Waals surface area contributed by atoms with Crippen molar-refractivity contribution in [2.45, 2.75) is 69.1 Å². The normalized spacial score (nSPS) is 26.9. The number of aromatic nitrogens is 1. The molecule has 5 nitrogen and oxygen atoms in total. The first-order valence-corrected chi connectivity index (χ1v) is 10.8. The highest BCUT2D eigenvalue weighted by molar-refractivity contribution is 6.39. The number of hydrogen-bond acceptors (Lipinski definition) is 5. The van der Waals surface area contributed by atoms with Gasteiger partial charge in [-0.15, -0.1) is 0 Å². The number of rotatable bonds is 4. The molecule has 148 valence electrons. The average molecular weight is 421 g/mol. The molecule has 3 heterocycles. The summed E-state index contributed by atoms with van der Waals surface area (Å²) in [6.07, 6.45) is 7.04. The third kappa shape index (κ3) is 3.23. The fraction of sp³-hybridized carbons (Fsp3) is 0.524. The zero-order valence-corrected chi connectivity index (χ0v) is 16.9. The molecule has 2 aromatic rings. The smallest absolute Gasteiger partial charge is 0.344 e. The van der Waals surface area contributed by atoms with Crippen LogP contribution < -0.4 is 5.32 Å². The van der Waals surface area contributed by atoms with Crippen LogP contribution in [-0.4, -0.2) is 29.3 Å². The molecule has 1 aromatic carbocycles. The van der Waals surface area contributed by atoms with Crippen LogP contribution in [0.3, 0.4) is 0 Å². The maximum atomic E-state index is 13.3. The first kappa shape index (κ1) is 18.5. The molecule has 2 unspecified atom stereocenters. The van der Waals surface area contributed by atoms with E-state index in [9.17, 15) is 4.79 Å². The van der Waals surface area contributed by atoms with Crippen molar-refractivity contribution in [3.8, 4) is 11.3 Å². The molecule has 2 aliphatic heterocycles. The van der Waals surface area contributed by atoms with Crippen molar-refractivity contribution in [3.63, 3.8) is 0 Å². The Hall–Kier alpha value is -1.56. The minimum absolute atomic E-state index is 0.0787. The summed E-state index contributed by atoms with van der Waals surface area (Å²) < 4.78 is 11.6. The lowest BCUT2D eigenvalue weighted by Gasteiger charge is -2.29. The van der Waals surface area contributed by atoms with Crippen molar-refractivity contribution in [2.24, 2.45) is 0 Å². The molecule has 5 rings (SSSR count). The van der Waals surface area contributed by atoms with Gasteiger partial charge in [0, 0.05) is 23.6 Å². The fourth-order valence-corrected chi connectivity index (χ4v) is 5.23. The lowest BCUT2D eigenvalue weighted by Crippen LogP contribution is -2.42. The SMILES string of the molecule is O=C(OC1CC2CC[C@@H](C1)N2)c1c(-c2c(Cl)cccc2Cl)noc1C1CCC1. The van der Waals surface area contributed by atoms with E-state index in [2.05, 4.69) is 10.5 Å². The van der Waals surface area contributed by atoms with E-state index in [1.165, 1.54) is 0 Å². The molecule has 0 amide bonds. The number of nitrogens with one attached hydrogen (secondary N) is 1. The fourth-order valence-electron chi connectivity index (χ4n) is 4.66. The van der Waals surface area contributed by atoms with Crippen LogP contribution >= 0.6 is 23.2 Å². The molecule has 3 aliphatic rings. The molecule has 0 spiro atoms. The van der Waals surface area contributed by atoms with Gasteiger partial charge in [0.25, 0.3) is 0 Å². The first-order chi connectivity index (χ1) is 13.6. The topological polar surface area (TPSA) is 64.4 Å². The van der Waals surface area contributed by atoms with Gasteiger partial charge >= 0.3 is 5.97 Å². The summed E-state index contributed by atoms with van der Waals surface area (Å²) in [5.41, 5.74) is 1.31. The van der Waals surface area contributed by atoms with Crippen LogP contribution in [0.4, 0.5) is 0 Å². The van der Waals surface area contributed by atoms with E-state index in [0.29, 0.717) is 44.7 Å². The Morgan fingerprint density at radius 1 is 1.11 bits per heavy atom. The number of hydrogen-bond donors (Lipinski definition) is 1. The quantitative estimate of drug-likeness (QED) is 0.674. The van der Waals surface area contributed by atoms with Gasteiger partial charge in [-0.3, -0.25) is 0 Å². The second-order valence-electron chi connectivity index (χ2n) is 8.13. The van der Waals surface area contributed by atoms with Crippen LogP contribution in [-0.2, 0) is 4.74 Å². The van der Waals surface area contributed by atoms with Gasteiger partial charge in [-0.05, 0) is 50.7 Å². The highest BCUT2D eigenvalue weighted by atomic mass is 35.5. The molecule has 0 radical (unpaired) electrons. The van der Waals surface area contributed by atoms with Gasteiger partial charge in [0.2, 0.25) is 0 Å². The van der Waals surface area contributed by atoms with E-state index in [4.69, 9.17) is 32.5 Å². The number of halogens is 2. The Morgan fingerprint density at radius 3 is 2.39 bits per heavy atom. The van der Waals surface area contributed by atoms with Crippen molar-refractivity contribution in [1.82, 2.24) is 10.5 Å². The average Bonchev–Trinajstić information content (AvgIpc) is 3.17. The van der Waals surface area contributed by atoms with Gasteiger partial charge in [0.15, 0.2) is 5.76 Å². The first-order valence-electron chi connectivity index (χ1n) is 10.0. The van der Waals surface area contributed by atoms with Crippen LogP contribution in [0.2, 0.25) is 10.0 Å². The van der Waals surface area contributed by atoms with Crippen molar-refractivity contribution < 1.29 is 14.1 Å². The minimum Gasteiger partial charge on any atom is -0.459 e. The summed E-state index contributed by atoms with van der Waals surface area (Å²) >= 11 is 12.8. The Bertz CT molecular complexity index is 877. The summed E-state index contributed by atoms with van der Waals surface area (Å²) in [4.78, 5) is 13.3. The van der Waals surface area contributed by atoms with Crippen LogP contribution in [0, 0.1) is 0 Å². The lowest BCUT2D eigenvalue weighted by atomic mass is 9.81. The molecular formula is C21H22Cl2N2O3. The number of carbonyl (C=O) groups is 1. The lowest BCUT2D eigenvalue weighted by molar-refractivity contribution is 0.0174. The summed E-state index contributed by atoms with van der Waals surface area (Å²) in [5, 5.41) is 8.66. The van der Waals surface area contributed by atoms with Crippen LogP contribution in [0.15, 0.2) is 22.7 Å². The van der Waals surface area contributed by atoms with E-state index in [1.54, 1.807) is 18.2 Å². The van der Waals surface area contributed by atoms with Gasteiger partial charge in [0.1, 0.15) is 17.4 Å². The predicted molar refractivity (Wildman–Crippen MR) is 107 cm³/mol. The summed E-state index contributed by atoms with van der Waals surface area (Å²) in [6.45, 7) is 0. The highest BCUT2D eigenvalue weighted by Gasteiger charge is 2.38. The second-order valence-corrected chi connectivity index (χ2v) is 8.95. The molecule has 3 atom stereocenters. The number of ether oxygens (including phenoxy) is 1. The van der Waals surface area contributed by atoms with Crippen molar-refractivity contribution in [3.05, 3.63) is 39.6 Å². The van der Waals surface area contributed by atoms with Crippen molar-refractivity contribution in [1.29, 1.82) is 0 Å². The Morgan fingerprint density at radius 2 is 1.79 bits per heavy atom. The number of piperidine rings is 1. The summed E-state index contributed by atoms with van der Waals surface area (Å²) in [6, 6.07) is 6.13. The van der Waals surface area contributed by atoms with Gasteiger partial charge in [-0.2, -0.15) is 0 Å². The van der Waals surface area contributed by atoms with E-state index >= 15 is 0 Å². The Kier molecular flexibility index (Phi) is 4.85. The number of esters is 1. The second kappa shape index (κ2) is 7.36. The van der Waals surface area contributed by atoms with Crippen LogP contribution in [0.1, 0.15) is 67.0 Å². The third-order valence-electron chi connectivity index (χ3n) is 6.30. The van der Waals surface area contributed by atoms with Gasteiger partial charge in [-0.25, -0.2) is 4.79 Å². The van der Waals surface area contributed by atoms with Crippen LogP contribution in [0.5, 0.6) is 0 Å². The Labute approximate surface area is 173 Å². The zero-order chi connectivity index (χ0) is 19.3. The standard InChI is InChI=1S/C21H22Cl2N2O3/c22-15-5-2-6-16(23)17(15)19-18(20(28-25-19)11-3-1-4-11)21(26)27-14-9-12-7-8-13(10-14)24-12/h2,5-6,11-14,24H,1,3-4,7-10H2/t12-,13?,14?/m0/s1. The Balaban J connectivity index is 1.49. The van der Waals surface area contributed by atoms with E-state index in [-0.39, 0.29) is 18.0 Å². The van der Waals surface area contributed by atoms with E-state index in [0.717, 1.165) is 44.9 Å². The maximum Gasteiger partial charge on any atom is 0.344 e. The maximum absolute atomic E-state index is 13.3. The highest BCUT2D eigenvalue weighted by Crippen LogP contribution is 2.44. The predicted octanol–water partition coefficient (Wildman–Crippen LogP) is 5.36. The van der Waals surface area contributed by atoms with Crippen LogP contribution in [0.25, 0.3) is 11.3 Å². The molecule has 7 heteroatoms. The van der Waals surface area contributed by atoms with Crippen molar-refractivity contribution >= 4 is 29.2 Å². The molecule has 1 aromatic heterocycles. The van der Waals surface area contributed by atoms with E-state index in [1.807, 2.05) is 0 Å². The molecule has 1 N–H and O–H groups in total. The summed E-state index contributed by atoms with van der Waals surface area (Å²) in [5.74, 6) is 0.439. The molecule has 3 fully saturated rings. The number of nitrogens with zero attached hydrogens (tertiary/aromatic N) is 1.